The van der Waals surface area contributed by atoms with Crippen LogP contribution < -0.4 is 14.4 Å². The maximum atomic E-state index is 13.7. The Bertz CT molecular complexity index is 1260. The zero-order valence-corrected chi connectivity index (χ0v) is 20.9. The van der Waals surface area contributed by atoms with Gasteiger partial charge in [0.2, 0.25) is 0 Å². The number of sulfone groups is 1. The van der Waals surface area contributed by atoms with Crippen LogP contribution in [0.2, 0.25) is 0 Å². The number of carbonyl (C=O) groups excluding carboxylic acids is 1. The molecule has 0 aliphatic carbocycles. The predicted molar refractivity (Wildman–Crippen MR) is 131 cm³/mol. The maximum absolute atomic E-state index is 13.7. The highest BCUT2D eigenvalue weighted by Crippen LogP contribution is 2.34. The summed E-state index contributed by atoms with van der Waals surface area (Å²) in [6.07, 6.45) is 1.16. The van der Waals surface area contributed by atoms with E-state index in [-0.39, 0.29) is 10.8 Å². The van der Waals surface area contributed by atoms with Gasteiger partial charge in [-0.05, 0) is 24.3 Å². The van der Waals surface area contributed by atoms with Crippen LogP contribution >= 0.6 is 11.3 Å². The van der Waals surface area contributed by atoms with E-state index < -0.39 is 9.84 Å². The first-order valence-corrected chi connectivity index (χ1v) is 13.5. The Morgan fingerprint density at radius 3 is 2.44 bits per heavy atom. The quantitative estimate of drug-likeness (QED) is 0.461. The Balaban J connectivity index is 1.74. The topological polar surface area (TPSA) is 98.3 Å². The van der Waals surface area contributed by atoms with Crippen molar-refractivity contribution in [2.45, 2.75) is 4.90 Å². The Labute approximate surface area is 202 Å². The first-order chi connectivity index (χ1) is 16.3. The molecular formula is C23H27N3O6S2. The molecule has 2 aromatic carbocycles. The second kappa shape index (κ2) is 10.3. The van der Waals surface area contributed by atoms with Crippen molar-refractivity contribution in [3.05, 3.63) is 42.0 Å². The fourth-order valence-corrected chi connectivity index (χ4v) is 5.68. The molecule has 0 radical (unpaired) electrons. The van der Waals surface area contributed by atoms with Gasteiger partial charge in [0, 0.05) is 44.1 Å². The number of nitrogens with zero attached hydrogens (tertiary/aromatic N) is 3. The van der Waals surface area contributed by atoms with Crippen LogP contribution in [-0.4, -0.2) is 84.1 Å². The minimum atomic E-state index is -3.48. The van der Waals surface area contributed by atoms with E-state index in [4.69, 9.17) is 14.2 Å². The number of methoxy groups -OCH3 is 2. The summed E-state index contributed by atoms with van der Waals surface area (Å²) in [6.45, 7) is 3.89. The Kier molecular flexibility index (Phi) is 7.36. The van der Waals surface area contributed by atoms with Gasteiger partial charge in [-0.1, -0.05) is 17.4 Å². The third-order valence-electron chi connectivity index (χ3n) is 5.59. The number of thiazole rings is 1. The molecule has 0 bridgehead atoms. The van der Waals surface area contributed by atoms with Crippen molar-refractivity contribution in [3.8, 4) is 11.5 Å². The molecule has 1 saturated heterocycles. The van der Waals surface area contributed by atoms with Crippen LogP contribution in [0, 0.1) is 0 Å². The summed E-state index contributed by atoms with van der Waals surface area (Å²) in [4.78, 5) is 22.3. The largest absolute Gasteiger partial charge is 0.497 e. The van der Waals surface area contributed by atoms with Crippen LogP contribution in [-0.2, 0) is 14.6 Å². The first kappa shape index (κ1) is 24.4. The van der Waals surface area contributed by atoms with E-state index in [0.29, 0.717) is 58.7 Å². The number of fused-ring (bicyclic) bond motifs is 1. The van der Waals surface area contributed by atoms with Crippen LogP contribution in [0.15, 0.2) is 41.3 Å². The molecule has 0 unspecified atom stereocenters. The summed E-state index contributed by atoms with van der Waals surface area (Å²) in [5.74, 6) is 0.726. The van der Waals surface area contributed by atoms with Crippen LogP contribution in [0.5, 0.6) is 11.5 Å². The van der Waals surface area contributed by atoms with E-state index in [1.54, 1.807) is 29.2 Å². The molecule has 0 atom stereocenters. The molecule has 182 valence electrons. The average molecular weight is 506 g/mol. The molecule has 0 spiro atoms. The highest BCUT2D eigenvalue weighted by molar-refractivity contribution is 7.91. The first-order valence-electron chi connectivity index (χ1n) is 10.7. The molecule has 1 aliphatic heterocycles. The summed E-state index contributed by atoms with van der Waals surface area (Å²) in [6, 6.07) is 10.0. The van der Waals surface area contributed by atoms with Crippen LogP contribution in [0.25, 0.3) is 10.2 Å². The van der Waals surface area contributed by atoms with Crippen LogP contribution in [0.1, 0.15) is 10.4 Å². The van der Waals surface area contributed by atoms with Gasteiger partial charge in [0.25, 0.3) is 5.91 Å². The fourth-order valence-electron chi connectivity index (χ4n) is 3.76. The summed E-state index contributed by atoms with van der Waals surface area (Å²) < 4.78 is 41.4. The molecular weight excluding hydrogens is 478 g/mol. The molecule has 1 fully saturated rings. The van der Waals surface area contributed by atoms with E-state index in [0.717, 1.165) is 19.3 Å². The SMILES string of the molecule is COc1cc(OC)cc(C(=O)N(CCN2CCOCC2)c2nc3c(S(C)(=O)=O)cccc3s2)c1. The minimum absolute atomic E-state index is 0.149. The normalized spacial score (nSPS) is 14.8. The van der Waals surface area contributed by atoms with Gasteiger partial charge in [0.15, 0.2) is 15.0 Å². The predicted octanol–water partition coefficient (Wildman–Crippen LogP) is 2.70. The molecule has 1 amide bonds. The highest BCUT2D eigenvalue weighted by Gasteiger charge is 2.25. The number of hydrogen-bond donors (Lipinski definition) is 0. The summed E-state index contributed by atoms with van der Waals surface area (Å²) in [7, 11) is -0.422. The van der Waals surface area contributed by atoms with Gasteiger partial charge >= 0.3 is 0 Å². The van der Waals surface area contributed by atoms with Gasteiger partial charge in [-0.2, -0.15) is 0 Å². The second-order valence-corrected chi connectivity index (χ2v) is 10.9. The summed E-state index contributed by atoms with van der Waals surface area (Å²) in [5.41, 5.74) is 0.762. The number of ether oxygens (including phenoxy) is 3. The van der Waals surface area contributed by atoms with Gasteiger partial charge in [0.1, 0.15) is 17.0 Å². The molecule has 1 aliphatic rings. The number of hydrogen-bond acceptors (Lipinski definition) is 9. The number of amides is 1. The third-order valence-corrected chi connectivity index (χ3v) is 7.76. The Morgan fingerprint density at radius 1 is 1.15 bits per heavy atom. The van der Waals surface area contributed by atoms with Gasteiger partial charge in [-0.15, -0.1) is 0 Å². The second-order valence-electron chi connectivity index (χ2n) is 7.88. The van der Waals surface area contributed by atoms with Crippen molar-refractivity contribution < 1.29 is 27.4 Å². The molecule has 4 rings (SSSR count). The molecule has 1 aromatic heterocycles. The van der Waals surface area contributed by atoms with E-state index in [1.165, 1.54) is 31.6 Å². The van der Waals surface area contributed by atoms with Crippen molar-refractivity contribution >= 4 is 42.4 Å². The van der Waals surface area contributed by atoms with Crippen molar-refractivity contribution in [1.29, 1.82) is 0 Å². The Hall–Kier alpha value is -2.73. The van der Waals surface area contributed by atoms with Crippen molar-refractivity contribution in [2.24, 2.45) is 0 Å². The van der Waals surface area contributed by atoms with Crippen LogP contribution in [0.3, 0.4) is 0 Å². The zero-order chi connectivity index (χ0) is 24.3. The monoisotopic (exact) mass is 505 g/mol. The maximum Gasteiger partial charge on any atom is 0.260 e. The number of anilines is 1. The lowest BCUT2D eigenvalue weighted by atomic mass is 10.1. The lowest BCUT2D eigenvalue weighted by Gasteiger charge is -2.29. The van der Waals surface area contributed by atoms with E-state index >= 15 is 0 Å². The fraction of sp³-hybridized carbons (Fsp3) is 0.391. The van der Waals surface area contributed by atoms with E-state index in [9.17, 15) is 13.2 Å². The lowest BCUT2D eigenvalue weighted by Crippen LogP contribution is -2.43. The molecule has 0 N–H and O–H groups in total. The van der Waals surface area contributed by atoms with Crippen LogP contribution in [0.4, 0.5) is 5.13 Å². The van der Waals surface area contributed by atoms with Gasteiger partial charge < -0.3 is 14.2 Å². The van der Waals surface area contributed by atoms with E-state index in [2.05, 4.69) is 9.88 Å². The molecule has 2 heterocycles. The number of para-hydroxylation sites is 1. The minimum Gasteiger partial charge on any atom is -0.497 e. The third kappa shape index (κ3) is 5.33. The molecule has 11 heteroatoms. The smallest absolute Gasteiger partial charge is 0.260 e. The van der Waals surface area contributed by atoms with Crippen molar-refractivity contribution in [1.82, 2.24) is 9.88 Å². The lowest BCUT2D eigenvalue weighted by molar-refractivity contribution is 0.0391. The number of rotatable bonds is 8. The molecule has 0 saturated carbocycles. The van der Waals surface area contributed by atoms with Gasteiger partial charge in [-0.25, -0.2) is 13.4 Å². The standard InChI is InChI=1S/C23H27N3O6S2/c1-30-17-13-16(14-18(15-17)31-2)22(27)26(8-7-25-9-11-32-12-10-25)23-24-21-19(33-23)5-4-6-20(21)34(3,28)29/h4-6,13-15H,7-12H2,1-3H3. The number of morpholine rings is 1. The summed E-state index contributed by atoms with van der Waals surface area (Å²) >= 11 is 1.29. The molecule has 3 aromatic rings. The number of benzene rings is 2. The molecule has 9 nitrogen and oxygen atoms in total. The summed E-state index contributed by atoms with van der Waals surface area (Å²) in [5, 5.41) is 0.436. The zero-order valence-electron chi connectivity index (χ0n) is 19.3. The number of aromatic nitrogens is 1. The van der Waals surface area contributed by atoms with E-state index in [1.807, 2.05) is 6.07 Å². The Morgan fingerprint density at radius 2 is 1.82 bits per heavy atom. The van der Waals surface area contributed by atoms with Crippen molar-refractivity contribution in [2.75, 3.05) is 64.8 Å². The number of carbonyl (C=O) groups is 1. The molecule has 34 heavy (non-hydrogen) atoms. The van der Waals surface area contributed by atoms with Crippen molar-refractivity contribution in [3.63, 3.8) is 0 Å². The van der Waals surface area contributed by atoms with Gasteiger partial charge in [0.05, 0.1) is 37.0 Å². The average Bonchev–Trinajstić information content (AvgIpc) is 3.27. The highest BCUT2D eigenvalue weighted by atomic mass is 32.2. The van der Waals surface area contributed by atoms with Gasteiger partial charge in [-0.3, -0.25) is 14.6 Å².